The highest BCUT2D eigenvalue weighted by Crippen LogP contribution is 2.34. The van der Waals surface area contributed by atoms with Crippen molar-refractivity contribution in [2.75, 3.05) is 37.6 Å². The second kappa shape index (κ2) is 11.5. The van der Waals surface area contributed by atoms with E-state index < -0.39 is 0 Å². The average molecular weight is 470 g/mol. The molecule has 1 amide bonds. The van der Waals surface area contributed by atoms with Crippen LogP contribution in [0.2, 0.25) is 0 Å². The monoisotopic (exact) mass is 469 g/mol. The number of fused-ring (bicyclic) bond motifs is 1. The Balaban J connectivity index is 1.47. The molecule has 1 saturated heterocycles. The van der Waals surface area contributed by atoms with Crippen molar-refractivity contribution in [3.63, 3.8) is 0 Å². The molecule has 184 valence electrons. The van der Waals surface area contributed by atoms with Gasteiger partial charge in [-0.1, -0.05) is 61.7 Å². The number of amides is 1. The molecule has 0 aromatic heterocycles. The molecular weight excluding hydrogens is 430 g/mol. The lowest BCUT2D eigenvalue weighted by Crippen LogP contribution is -2.50. The van der Waals surface area contributed by atoms with Crippen molar-refractivity contribution in [1.29, 1.82) is 0 Å². The van der Waals surface area contributed by atoms with Crippen LogP contribution in [0.1, 0.15) is 54.2 Å². The summed E-state index contributed by atoms with van der Waals surface area (Å²) in [5, 5.41) is 0. The Morgan fingerprint density at radius 1 is 1.06 bits per heavy atom. The molecule has 0 radical (unpaired) electrons. The molecule has 2 aromatic rings. The van der Waals surface area contributed by atoms with Crippen LogP contribution in [-0.2, 0) is 6.42 Å². The maximum absolute atomic E-state index is 13.5. The Bertz CT molecular complexity index is 1060. The Morgan fingerprint density at radius 3 is 2.40 bits per heavy atom. The fraction of sp³-hybridized carbons (Fsp3) is 0.387. The van der Waals surface area contributed by atoms with E-state index in [-0.39, 0.29) is 11.9 Å². The average Bonchev–Trinajstić information content (AvgIpc) is 2.90. The lowest BCUT2D eigenvalue weighted by molar-refractivity contribution is 0.0523. The number of piperidine rings is 1. The summed E-state index contributed by atoms with van der Waals surface area (Å²) in [6.07, 6.45) is 8.76. The molecule has 1 fully saturated rings. The Morgan fingerprint density at radius 2 is 1.77 bits per heavy atom. The second-order valence-electron chi connectivity index (χ2n) is 9.45. The quantitative estimate of drug-likeness (QED) is 0.419. The van der Waals surface area contributed by atoms with E-state index in [4.69, 9.17) is 0 Å². The van der Waals surface area contributed by atoms with E-state index in [1.54, 1.807) is 0 Å². The summed E-state index contributed by atoms with van der Waals surface area (Å²) in [5.41, 5.74) is 5.74. The van der Waals surface area contributed by atoms with Gasteiger partial charge in [-0.3, -0.25) is 9.69 Å². The first kappa shape index (κ1) is 25.0. The molecule has 0 bridgehead atoms. The molecule has 2 aromatic carbocycles. The number of nitrogens with zero attached hydrogens (tertiary/aromatic N) is 3. The van der Waals surface area contributed by atoms with Crippen molar-refractivity contribution in [2.45, 2.75) is 45.2 Å². The van der Waals surface area contributed by atoms with E-state index in [2.05, 4.69) is 96.3 Å². The van der Waals surface area contributed by atoms with E-state index in [9.17, 15) is 4.79 Å². The molecular formula is C31H39N3O. The number of hydrogen-bond donors (Lipinski definition) is 0. The molecule has 2 aliphatic rings. The predicted molar refractivity (Wildman–Crippen MR) is 147 cm³/mol. The third-order valence-electron chi connectivity index (χ3n) is 7.61. The molecule has 35 heavy (non-hydrogen) atoms. The number of rotatable bonds is 9. The van der Waals surface area contributed by atoms with Crippen molar-refractivity contribution < 1.29 is 4.79 Å². The van der Waals surface area contributed by atoms with Crippen LogP contribution in [0.3, 0.4) is 0 Å². The Hall–Kier alpha value is -3.11. The minimum atomic E-state index is 0.156. The molecule has 4 heteroatoms. The Labute approximate surface area is 211 Å². The van der Waals surface area contributed by atoms with E-state index in [0.29, 0.717) is 6.04 Å². The fourth-order valence-corrected chi connectivity index (χ4v) is 5.74. The van der Waals surface area contributed by atoms with Crippen LogP contribution < -0.4 is 4.90 Å². The van der Waals surface area contributed by atoms with Gasteiger partial charge < -0.3 is 9.80 Å². The molecule has 2 aliphatic heterocycles. The molecule has 1 unspecified atom stereocenters. The topological polar surface area (TPSA) is 26.8 Å². The van der Waals surface area contributed by atoms with Gasteiger partial charge in [-0.2, -0.15) is 0 Å². The van der Waals surface area contributed by atoms with Crippen molar-refractivity contribution in [2.24, 2.45) is 0 Å². The molecule has 1 atom stereocenters. The zero-order valence-electron chi connectivity index (χ0n) is 21.3. The normalized spacial score (nSPS) is 18.2. The third kappa shape index (κ3) is 5.28. The zero-order valence-corrected chi connectivity index (χ0v) is 21.3. The number of allylic oxidation sites excluding steroid dienone is 2. The first-order chi connectivity index (χ1) is 17.1. The second-order valence-corrected chi connectivity index (χ2v) is 9.45. The van der Waals surface area contributed by atoms with Crippen molar-refractivity contribution in [3.05, 3.63) is 102 Å². The summed E-state index contributed by atoms with van der Waals surface area (Å²) in [5.74, 6) is 0.203. The van der Waals surface area contributed by atoms with Crippen LogP contribution >= 0.6 is 0 Å². The predicted octanol–water partition coefficient (Wildman–Crippen LogP) is 6.04. The van der Waals surface area contributed by atoms with Crippen LogP contribution in [0.4, 0.5) is 5.69 Å². The molecule has 0 saturated carbocycles. The number of benzene rings is 2. The van der Waals surface area contributed by atoms with Crippen LogP contribution in [0.15, 0.2) is 85.5 Å². The summed E-state index contributed by atoms with van der Waals surface area (Å²) in [4.78, 5) is 20.5. The summed E-state index contributed by atoms with van der Waals surface area (Å²) in [6, 6.07) is 17.5. The number of carbonyl (C=O) groups is 1. The lowest BCUT2D eigenvalue weighted by atomic mass is 9.91. The number of likely N-dealkylation sites (tertiary alicyclic amines) is 1. The first-order valence-corrected chi connectivity index (χ1v) is 13.0. The van der Waals surface area contributed by atoms with Gasteiger partial charge in [-0.25, -0.2) is 0 Å². The van der Waals surface area contributed by atoms with E-state index >= 15 is 0 Å². The minimum Gasteiger partial charge on any atom is -0.372 e. The Kier molecular flexibility index (Phi) is 8.25. The van der Waals surface area contributed by atoms with Gasteiger partial charge in [0.1, 0.15) is 0 Å². The van der Waals surface area contributed by atoms with Gasteiger partial charge in [0.25, 0.3) is 5.91 Å². The number of anilines is 1. The van der Waals surface area contributed by atoms with E-state index in [1.807, 2.05) is 12.2 Å². The molecule has 0 N–H and O–H groups in total. The van der Waals surface area contributed by atoms with Crippen molar-refractivity contribution in [3.8, 4) is 0 Å². The maximum atomic E-state index is 13.5. The van der Waals surface area contributed by atoms with E-state index in [1.165, 1.54) is 16.8 Å². The molecule has 0 aliphatic carbocycles. The van der Waals surface area contributed by atoms with E-state index in [0.717, 1.165) is 63.1 Å². The molecule has 2 heterocycles. The molecule has 4 nitrogen and oxygen atoms in total. The van der Waals surface area contributed by atoms with Gasteiger partial charge >= 0.3 is 0 Å². The van der Waals surface area contributed by atoms with Crippen LogP contribution in [-0.4, -0.2) is 54.5 Å². The lowest BCUT2D eigenvalue weighted by Gasteiger charge is -2.43. The maximum Gasteiger partial charge on any atom is 0.254 e. The van der Waals surface area contributed by atoms with Crippen LogP contribution in [0.5, 0.6) is 0 Å². The highest BCUT2D eigenvalue weighted by molar-refractivity contribution is 5.97. The van der Waals surface area contributed by atoms with Gasteiger partial charge in [0.15, 0.2) is 0 Å². The zero-order chi connectivity index (χ0) is 24.8. The van der Waals surface area contributed by atoms with Gasteiger partial charge in [0.2, 0.25) is 0 Å². The molecule has 4 rings (SSSR count). The summed E-state index contributed by atoms with van der Waals surface area (Å²) in [7, 11) is 0. The standard InChI is InChI=1S/C31H39N3O/c1-5-12-24(6-2)30(25-13-10-9-11-14-25)33-20-18-27(19-21-33)34-22-17-26-23-28(32(7-3)8-4)15-16-29(26)31(34)35/h5-6,9-16,23,27,30H,1-2,7-8,17-22H2,3-4H3/b24-12+. The molecule has 0 spiro atoms. The third-order valence-corrected chi connectivity index (χ3v) is 7.61. The first-order valence-electron chi connectivity index (χ1n) is 13.0. The van der Waals surface area contributed by atoms with Crippen molar-refractivity contribution in [1.82, 2.24) is 9.80 Å². The van der Waals surface area contributed by atoms with Gasteiger partial charge in [-0.05, 0) is 68.0 Å². The summed E-state index contributed by atoms with van der Waals surface area (Å²) < 4.78 is 0. The van der Waals surface area contributed by atoms with Crippen LogP contribution in [0, 0.1) is 0 Å². The highest BCUT2D eigenvalue weighted by atomic mass is 16.2. The van der Waals surface area contributed by atoms with Gasteiger partial charge in [0.05, 0.1) is 6.04 Å². The SMILES string of the molecule is C=C/C=C(\C=C)C(c1ccccc1)N1CCC(N2CCc3cc(N(CC)CC)ccc3C2=O)CC1. The smallest absolute Gasteiger partial charge is 0.254 e. The van der Waals surface area contributed by atoms with Crippen LogP contribution in [0.25, 0.3) is 0 Å². The number of carbonyl (C=O) groups excluding carboxylic acids is 1. The summed E-state index contributed by atoms with van der Waals surface area (Å²) >= 11 is 0. The number of hydrogen-bond acceptors (Lipinski definition) is 3. The fourth-order valence-electron chi connectivity index (χ4n) is 5.74. The van der Waals surface area contributed by atoms with Crippen molar-refractivity contribution >= 4 is 11.6 Å². The van der Waals surface area contributed by atoms with Gasteiger partial charge in [0, 0.05) is 50.0 Å². The highest BCUT2D eigenvalue weighted by Gasteiger charge is 2.34. The minimum absolute atomic E-state index is 0.156. The largest absolute Gasteiger partial charge is 0.372 e. The van der Waals surface area contributed by atoms with Gasteiger partial charge in [-0.15, -0.1) is 0 Å². The summed E-state index contributed by atoms with van der Waals surface area (Å²) in [6.45, 7) is 17.0.